The second kappa shape index (κ2) is 6.86. The summed E-state index contributed by atoms with van der Waals surface area (Å²) < 4.78 is 0. The van der Waals surface area contributed by atoms with Crippen LogP contribution in [0.15, 0.2) is 102 Å². The smallest absolute Gasteiger partial charge is 0.127 e. The largest absolute Gasteiger partial charge is 0.385 e. The van der Waals surface area contributed by atoms with Crippen LogP contribution in [0.2, 0.25) is 12.1 Å². The van der Waals surface area contributed by atoms with Gasteiger partial charge in [-0.3, -0.25) is 0 Å². The van der Waals surface area contributed by atoms with E-state index in [2.05, 4.69) is 96.3 Å². The van der Waals surface area contributed by atoms with Crippen molar-refractivity contribution in [2.24, 2.45) is 0 Å². The lowest BCUT2D eigenvalue weighted by Gasteiger charge is -2.31. The molecule has 2 heteroatoms. The molecule has 3 aromatic rings. The minimum atomic E-state index is -1.74. The highest BCUT2D eigenvalue weighted by molar-refractivity contribution is 7.03. The van der Waals surface area contributed by atoms with Crippen LogP contribution >= 0.6 is 0 Å². The Morgan fingerprint density at radius 3 is 1.81 bits per heavy atom. The van der Waals surface area contributed by atoms with Crippen LogP contribution in [0.4, 0.5) is 0 Å². The Bertz CT molecular complexity index is 888. The van der Waals surface area contributed by atoms with Crippen molar-refractivity contribution in [2.45, 2.75) is 31.0 Å². The van der Waals surface area contributed by atoms with Crippen molar-refractivity contribution in [1.29, 1.82) is 0 Å². The lowest BCUT2D eigenvalue weighted by Crippen LogP contribution is -2.57. The van der Waals surface area contributed by atoms with Crippen LogP contribution < -0.4 is 15.7 Å². The van der Waals surface area contributed by atoms with Crippen molar-refractivity contribution in [2.75, 3.05) is 0 Å². The Morgan fingerprint density at radius 2 is 1.26 bits per heavy atom. The van der Waals surface area contributed by atoms with Gasteiger partial charge >= 0.3 is 0 Å². The van der Waals surface area contributed by atoms with Gasteiger partial charge in [0.1, 0.15) is 8.07 Å². The van der Waals surface area contributed by atoms with Crippen LogP contribution in [-0.2, 0) is 6.42 Å². The van der Waals surface area contributed by atoms with Crippen molar-refractivity contribution in [1.82, 2.24) is 5.32 Å². The molecule has 0 fully saturated rings. The molecular formula is C25H25NSi. The second-order valence-electron chi connectivity index (χ2n) is 7.98. The fourth-order valence-corrected chi connectivity index (χ4v) is 9.99. The summed E-state index contributed by atoms with van der Waals surface area (Å²) in [6.45, 7) is 0. The molecule has 5 rings (SSSR count). The molecule has 0 aromatic heterocycles. The maximum absolute atomic E-state index is 3.91. The van der Waals surface area contributed by atoms with Gasteiger partial charge in [0, 0.05) is 11.7 Å². The summed E-state index contributed by atoms with van der Waals surface area (Å²) in [6.07, 6.45) is 2.33. The predicted octanol–water partition coefficient (Wildman–Crippen LogP) is 4.12. The Balaban J connectivity index is 1.40. The number of hydrogen-bond donors (Lipinski definition) is 1. The third kappa shape index (κ3) is 3.04. The molecule has 1 nitrogen and oxygen atoms in total. The van der Waals surface area contributed by atoms with E-state index in [1.165, 1.54) is 24.1 Å². The highest BCUT2D eigenvalue weighted by atomic mass is 28.3. The van der Waals surface area contributed by atoms with Gasteiger partial charge in [0.15, 0.2) is 0 Å². The number of benzene rings is 3. The van der Waals surface area contributed by atoms with E-state index < -0.39 is 8.07 Å². The molecule has 134 valence electrons. The first kappa shape index (κ1) is 16.6. The van der Waals surface area contributed by atoms with E-state index in [0.29, 0.717) is 6.04 Å². The van der Waals surface area contributed by atoms with Crippen molar-refractivity contribution < 1.29 is 0 Å². The molecule has 0 bridgehead atoms. The highest BCUT2D eigenvalue weighted by Crippen LogP contribution is 2.40. The molecule has 0 saturated carbocycles. The van der Waals surface area contributed by atoms with Gasteiger partial charge in [-0.1, -0.05) is 107 Å². The molecular weight excluding hydrogens is 342 g/mol. The normalized spacial score (nSPS) is 20.4. The lowest BCUT2D eigenvalue weighted by molar-refractivity contribution is 0.602. The third-order valence-electron chi connectivity index (χ3n) is 6.27. The lowest BCUT2D eigenvalue weighted by atomic mass is 10.0. The number of allylic oxidation sites excluding steroid dienone is 1. The molecule has 3 aromatic carbocycles. The molecule has 27 heavy (non-hydrogen) atoms. The van der Waals surface area contributed by atoms with Crippen LogP contribution in [0.3, 0.4) is 0 Å². The zero-order chi connectivity index (χ0) is 18.1. The van der Waals surface area contributed by atoms with Crippen LogP contribution in [0.25, 0.3) is 0 Å². The van der Waals surface area contributed by atoms with Gasteiger partial charge in [-0.25, -0.2) is 0 Å². The molecule has 0 amide bonds. The first-order chi connectivity index (χ1) is 13.3. The first-order valence-corrected chi connectivity index (χ1v) is 12.4. The maximum atomic E-state index is 3.91. The van der Waals surface area contributed by atoms with Crippen LogP contribution in [0.1, 0.15) is 12.0 Å². The molecule has 1 unspecified atom stereocenters. The van der Waals surface area contributed by atoms with E-state index in [9.17, 15) is 0 Å². The molecule has 1 atom stereocenters. The topological polar surface area (TPSA) is 12.0 Å². The van der Waals surface area contributed by atoms with Gasteiger partial charge in [-0.15, -0.1) is 0 Å². The van der Waals surface area contributed by atoms with E-state index in [0.717, 1.165) is 6.42 Å². The van der Waals surface area contributed by atoms with E-state index >= 15 is 0 Å². The minimum absolute atomic E-state index is 0.566. The van der Waals surface area contributed by atoms with E-state index in [1.54, 1.807) is 21.6 Å². The number of nitrogens with one attached hydrogen (secondary N) is 1. The van der Waals surface area contributed by atoms with E-state index in [-0.39, 0.29) is 0 Å². The fraction of sp³-hybridized carbons (Fsp3) is 0.200. The Hall–Kier alpha value is -2.58. The highest BCUT2D eigenvalue weighted by Gasteiger charge is 2.46. The summed E-state index contributed by atoms with van der Waals surface area (Å²) >= 11 is 0. The summed E-state index contributed by atoms with van der Waals surface area (Å²) in [7, 11) is -1.74. The molecule has 2 heterocycles. The zero-order valence-electron chi connectivity index (χ0n) is 15.6. The summed E-state index contributed by atoms with van der Waals surface area (Å²) in [6, 6.07) is 36.5. The summed E-state index contributed by atoms with van der Waals surface area (Å²) in [5, 5.41) is 7.06. The quantitative estimate of drug-likeness (QED) is 0.684. The molecule has 2 aliphatic heterocycles. The standard InChI is InChI=1S/C25H25NSi/c1-4-10-20(11-5-1)16-22-17-21-18-27(19-25(21)26-22,23-12-6-2-7-13-23)24-14-8-3-9-15-24/h1-15,22,26H,16-19H2. The summed E-state index contributed by atoms with van der Waals surface area (Å²) in [5.41, 5.74) is 4.68. The van der Waals surface area contributed by atoms with Crippen molar-refractivity contribution >= 4 is 18.4 Å². The average molecular weight is 368 g/mol. The molecule has 0 aliphatic carbocycles. The van der Waals surface area contributed by atoms with Crippen LogP contribution in [0.5, 0.6) is 0 Å². The SMILES string of the molecule is c1ccc(CC2CC3=C(C[Si](c4ccccc4)(c4ccccc4)C3)N2)cc1. The minimum Gasteiger partial charge on any atom is -0.385 e. The molecule has 0 radical (unpaired) electrons. The molecule has 0 spiro atoms. The van der Waals surface area contributed by atoms with Crippen molar-refractivity contribution in [3.63, 3.8) is 0 Å². The van der Waals surface area contributed by atoms with Crippen LogP contribution in [0, 0.1) is 0 Å². The average Bonchev–Trinajstić information content (AvgIpc) is 3.27. The van der Waals surface area contributed by atoms with Crippen molar-refractivity contribution in [3.8, 4) is 0 Å². The summed E-state index contributed by atoms with van der Waals surface area (Å²) in [5.74, 6) is 0. The second-order valence-corrected chi connectivity index (χ2v) is 12.0. The first-order valence-electron chi connectivity index (χ1n) is 9.96. The van der Waals surface area contributed by atoms with Gasteiger partial charge < -0.3 is 5.32 Å². The van der Waals surface area contributed by atoms with Gasteiger partial charge in [0.25, 0.3) is 0 Å². The zero-order valence-corrected chi connectivity index (χ0v) is 16.6. The van der Waals surface area contributed by atoms with Gasteiger partial charge in [0.05, 0.1) is 0 Å². The molecule has 0 saturated heterocycles. The van der Waals surface area contributed by atoms with E-state index in [1.807, 2.05) is 0 Å². The van der Waals surface area contributed by atoms with Gasteiger partial charge in [-0.2, -0.15) is 0 Å². The Morgan fingerprint density at radius 1 is 0.704 bits per heavy atom. The van der Waals surface area contributed by atoms with Gasteiger partial charge in [-0.05, 0) is 30.5 Å². The molecule has 1 N–H and O–H groups in total. The fourth-order valence-electron chi connectivity index (χ4n) is 5.01. The predicted molar refractivity (Wildman–Crippen MR) is 116 cm³/mol. The van der Waals surface area contributed by atoms with E-state index in [4.69, 9.17) is 0 Å². The monoisotopic (exact) mass is 367 g/mol. The number of rotatable bonds is 4. The Kier molecular flexibility index (Phi) is 4.21. The van der Waals surface area contributed by atoms with Gasteiger partial charge in [0.2, 0.25) is 0 Å². The Labute approximate surface area is 162 Å². The van der Waals surface area contributed by atoms with Crippen LogP contribution in [-0.4, -0.2) is 14.1 Å². The van der Waals surface area contributed by atoms with Crippen molar-refractivity contribution in [3.05, 3.63) is 108 Å². The number of hydrogen-bond acceptors (Lipinski definition) is 1. The molecule has 2 aliphatic rings. The maximum Gasteiger partial charge on any atom is 0.127 e. The summed E-state index contributed by atoms with van der Waals surface area (Å²) in [4.78, 5) is 0. The third-order valence-corrected chi connectivity index (χ3v) is 11.1.